The van der Waals surface area contributed by atoms with Gasteiger partial charge in [0.2, 0.25) is 5.91 Å². The van der Waals surface area contributed by atoms with E-state index < -0.39 is 5.82 Å². The van der Waals surface area contributed by atoms with Crippen LogP contribution >= 0.6 is 0 Å². The first-order chi connectivity index (χ1) is 8.06. The second-order valence-electron chi connectivity index (χ2n) is 3.48. The van der Waals surface area contributed by atoms with Crippen LogP contribution in [0.3, 0.4) is 0 Å². The molecule has 0 atom stereocenters. The summed E-state index contributed by atoms with van der Waals surface area (Å²) < 4.78 is 13.3. The van der Waals surface area contributed by atoms with Crippen molar-refractivity contribution < 1.29 is 14.0 Å². The zero-order chi connectivity index (χ0) is 12.8. The van der Waals surface area contributed by atoms with Crippen molar-refractivity contribution in [2.24, 2.45) is 0 Å². The highest BCUT2D eigenvalue weighted by Gasteiger charge is 2.08. The maximum atomic E-state index is 13.3. The van der Waals surface area contributed by atoms with Crippen molar-refractivity contribution in [3.63, 3.8) is 0 Å². The minimum atomic E-state index is -0.588. The SMILES string of the molecule is CC(=O)NCC#Cc1c(C)ccc(F)c1C=O. The lowest BCUT2D eigenvalue weighted by Gasteiger charge is -2.02. The van der Waals surface area contributed by atoms with Crippen molar-refractivity contribution in [3.05, 3.63) is 34.6 Å². The van der Waals surface area contributed by atoms with Crippen LogP contribution in [-0.4, -0.2) is 18.7 Å². The standard InChI is InChI=1S/C13H12FNO2/c1-9-5-6-13(14)12(8-16)11(9)4-3-7-15-10(2)17/h5-6,8H,7H2,1-2H3,(H,15,17). The molecule has 0 fully saturated rings. The molecule has 1 amide bonds. The van der Waals surface area contributed by atoms with Crippen LogP contribution in [0.5, 0.6) is 0 Å². The average molecular weight is 233 g/mol. The van der Waals surface area contributed by atoms with Gasteiger partial charge in [-0.05, 0) is 18.6 Å². The summed E-state index contributed by atoms with van der Waals surface area (Å²) in [4.78, 5) is 21.4. The van der Waals surface area contributed by atoms with Gasteiger partial charge in [0.1, 0.15) is 5.82 Å². The Morgan fingerprint density at radius 1 is 1.53 bits per heavy atom. The molecule has 0 heterocycles. The van der Waals surface area contributed by atoms with E-state index in [0.717, 1.165) is 5.56 Å². The van der Waals surface area contributed by atoms with Gasteiger partial charge < -0.3 is 5.32 Å². The van der Waals surface area contributed by atoms with E-state index in [1.165, 1.54) is 13.0 Å². The molecule has 0 saturated heterocycles. The summed E-state index contributed by atoms with van der Waals surface area (Å²) in [5.41, 5.74) is 1.05. The first-order valence-corrected chi connectivity index (χ1v) is 5.04. The fourth-order valence-corrected chi connectivity index (χ4v) is 1.29. The lowest BCUT2D eigenvalue weighted by Crippen LogP contribution is -2.19. The van der Waals surface area contributed by atoms with Gasteiger partial charge in [-0.15, -0.1) is 0 Å². The van der Waals surface area contributed by atoms with Gasteiger partial charge in [0, 0.05) is 12.5 Å². The molecule has 1 rings (SSSR count). The molecule has 0 radical (unpaired) electrons. The Bertz CT molecular complexity index is 512. The fraction of sp³-hybridized carbons (Fsp3) is 0.231. The Balaban J connectivity index is 3.00. The van der Waals surface area contributed by atoms with Crippen molar-refractivity contribution in [2.75, 3.05) is 6.54 Å². The molecule has 0 unspecified atom stereocenters. The molecule has 0 aliphatic rings. The zero-order valence-corrected chi connectivity index (χ0v) is 9.63. The van der Waals surface area contributed by atoms with Gasteiger partial charge in [-0.3, -0.25) is 9.59 Å². The molecule has 88 valence electrons. The summed E-state index contributed by atoms with van der Waals surface area (Å²) in [6.07, 6.45) is 0.449. The number of carbonyl (C=O) groups excluding carboxylic acids is 2. The Kier molecular flexibility index (Phi) is 4.41. The number of aryl methyl sites for hydroxylation is 1. The third-order valence-electron chi connectivity index (χ3n) is 2.16. The third-order valence-corrected chi connectivity index (χ3v) is 2.16. The van der Waals surface area contributed by atoms with E-state index in [4.69, 9.17) is 0 Å². The zero-order valence-electron chi connectivity index (χ0n) is 9.63. The number of nitrogens with one attached hydrogen (secondary N) is 1. The Morgan fingerprint density at radius 3 is 2.82 bits per heavy atom. The van der Waals surface area contributed by atoms with Gasteiger partial charge >= 0.3 is 0 Å². The van der Waals surface area contributed by atoms with Crippen LogP contribution in [0.1, 0.15) is 28.4 Å². The predicted molar refractivity (Wildman–Crippen MR) is 62.1 cm³/mol. The summed E-state index contributed by atoms with van der Waals surface area (Å²) in [6.45, 7) is 3.30. The van der Waals surface area contributed by atoms with E-state index in [0.29, 0.717) is 11.8 Å². The molecule has 0 aliphatic carbocycles. The number of carbonyl (C=O) groups is 2. The fourth-order valence-electron chi connectivity index (χ4n) is 1.29. The lowest BCUT2D eigenvalue weighted by molar-refractivity contribution is -0.118. The molecule has 0 aromatic heterocycles. The maximum absolute atomic E-state index is 13.3. The van der Waals surface area contributed by atoms with Crippen LogP contribution in [0.25, 0.3) is 0 Å². The second kappa shape index (κ2) is 5.80. The van der Waals surface area contributed by atoms with Crippen molar-refractivity contribution in [3.8, 4) is 11.8 Å². The van der Waals surface area contributed by atoms with Gasteiger partial charge in [-0.2, -0.15) is 0 Å². The number of aldehydes is 1. The van der Waals surface area contributed by atoms with Crippen LogP contribution in [0, 0.1) is 24.6 Å². The van der Waals surface area contributed by atoms with Crippen LogP contribution in [0.2, 0.25) is 0 Å². The number of amides is 1. The Hall–Kier alpha value is -2.15. The number of rotatable bonds is 2. The molecule has 0 saturated carbocycles. The van der Waals surface area contributed by atoms with Gasteiger partial charge in [-0.1, -0.05) is 17.9 Å². The van der Waals surface area contributed by atoms with Crippen LogP contribution < -0.4 is 5.32 Å². The normalized spacial score (nSPS) is 9.12. The van der Waals surface area contributed by atoms with E-state index >= 15 is 0 Å². The van der Waals surface area contributed by atoms with E-state index in [1.54, 1.807) is 13.0 Å². The van der Waals surface area contributed by atoms with E-state index in [9.17, 15) is 14.0 Å². The van der Waals surface area contributed by atoms with Crippen molar-refractivity contribution >= 4 is 12.2 Å². The predicted octanol–water partition coefficient (Wildman–Crippen LogP) is 1.43. The van der Waals surface area contributed by atoms with Gasteiger partial charge in [0.15, 0.2) is 6.29 Å². The molecule has 0 spiro atoms. The van der Waals surface area contributed by atoms with E-state index in [-0.39, 0.29) is 18.0 Å². The van der Waals surface area contributed by atoms with E-state index in [1.807, 2.05) is 0 Å². The van der Waals surface area contributed by atoms with Crippen molar-refractivity contribution in [2.45, 2.75) is 13.8 Å². The molecular formula is C13H12FNO2. The maximum Gasteiger partial charge on any atom is 0.217 e. The molecule has 0 bridgehead atoms. The summed E-state index contributed by atoms with van der Waals surface area (Å²) in [5, 5.41) is 2.49. The highest BCUT2D eigenvalue weighted by atomic mass is 19.1. The summed E-state index contributed by atoms with van der Waals surface area (Å²) >= 11 is 0. The summed E-state index contributed by atoms with van der Waals surface area (Å²) in [5.74, 6) is 4.58. The summed E-state index contributed by atoms with van der Waals surface area (Å²) in [6, 6.07) is 2.79. The van der Waals surface area contributed by atoms with Crippen molar-refractivity contribution in [1.29, 1.82) is 0 Å². The first-order valence-electron chi connectivity index (χ1n) is 5.04. The molecule has 1 aromatic carbocycles. The van der Waals surface area contributed by atoms with E-state index in [2.05, 4.69) is 17.2 Å². The molecule has 1 aromatic rings. The van der Waals surface area contributed by atoms with Crippen LogP contribution in [0.4, 0.5) is 4.39 Å². The third kappa shape index (κ3) is 3.42. The monoisotopic (exact) mass is 233 g/mol. The Labute approximate surface area is 99.0 Å². The molecule has 4 heteroatoms. The average Bonchev–Trinajstić information content (AvgIpc) is 2.28. The molecule has 17 heavy (non-hydrogen) atoms. The largest absolute Gasteiger partial charge is 0.345 e. The number of benzene rings is 1. The first kappa shape index (κ1) is 12.9. The number of hydrogen-bond donors (Lipinski definition) is 1. The second-order valence-corrected chi connectivity index (χ2v) is 3.48. The molecule has 3 nitrogen and oxygen atoms in total. The number of halogens is 1. The highest BCUT2D eigenvalue weighted by Crippen LogP contribution is 2.14. The van der Waals surface area contributed by atoms with Gasteiger partial charge in [-0.25, -0.2) is 4.39 Å². The Morgan fingerprint density at radius 2 is 2.24 bits per heavy atom. The highest BCUT2D eigenvalue weighted by molar-refractivity contribution is 5.80. The van der Waals surface area contributed by atoms with Crippen LogP contribution in [-0.2, 0) is 4.79 Å². The number of hydrogen-bond acceptors (Lipinski definition) is 2. The lowest BCUT2D eigenvalue weighted by atomic mass is 10.0. The minimum Gasteiger partial charge on any atom is -0.345 e. The van der Waals surface area contributed by atoms with Gasteiger partial charge in [0.25, 0.3) is 0 Å². The van der Waals surface area contributed by atoms with Crippen LogP contribution in [0.15, 0.2) is 12.1 Å². The quantitative estimate of drug-likeness (QED) is 0.620. The molecule has 1 N–H and O–H groups in total. The van der Waals surface area contributed by atoms with Crippen molar-refractivity contribution in [1.82, 2.24) is 5.32 Å². The topological polar surface area (TPSA) is 46.2 Å². The summed E-state index contributed by atoms with van der Waals surface area (Å²) in [7, 11) is 0. The smallest absolute Gasteiger partial charge is 0.217 e. The molecule has 0 aliphatic heterocycles. The minimum absolute atomic E-state index is 0.0414. The molecular weight excluding hydrogens is 221 g/mol. The van der Waals surface area contributed by atoms with Gasteiger partial charge in [0.05, 0.1) is 12.1 Å².